The smallest absolute Gasteiger partial charge is 0.279 e. The summed E-state index contributed by atoms with van der Waals surface area (Å²) in [4.78, 5) is 41.7. The summed E-state index contributed by atoms with van der Waals surface area (Å²) < 4.78 is 1.92. The number of rotatable bonds is 5. The average molecular weight is 507 g/mol. The summed E-state index contributed by atoms with van der Waals surface area (Å²) in [6.45, 7) is 1.37. The van der Waals surface area contributed by atoms with Gasteiger partial charge in [0, 0.05) is 4.47 Å². The predicted molar refractivity (Wildman–Crippen MR) is 118 cm³/mol. The van der Waals surface area contributed by atoms with E-state index in [9.17, 15) is 19.5 Å². The van der Waals surface area contributed by atoms with Crippen molar-refractivity contribution in [2.45, 2.75) is 18.3 Å². The molecule has 1 aliphatic heterocycles. The fraction of sp³-hybridized carbons (Fsp3) is 0.200. The third kappa shape index (κ3) is 3.96. The Morgan fingerprint density at radius 1 is 1.23 bits per heavy atom. The molecule has 0 aliphatic carbocycles. The van der Waals surface area contributed by atoms with Gasteiger partial charge in [-0.1, -0.05) is 28.1 Å². The maximum Gasteiger partial charge on any atom is 0.279 e. The number of carbonyl (C=O) groups excluding carboxylic acids is 2. The number of β-lactam (4-membered cyclic amide) rings is 1. The number of phenols is 1. The van der Waals surface area contributed by atoms with E-state index in [2.05, 4.69) is 31.8 Å². The molecule has 0 bridgehead atoms. The van der Waals surface area contributed by atoms with Crippen LogP contribution in [0.4, 0.5) is 0 Å². The first-order valence-electron chi connectivity index (χ1n) is 9.24. The van der Waals surface area contributed by atoms with E-state index in [4.69, 9.17) is 11.6 Å². The first kappa shape index (κ1) is 21.1. The van der Waals surface area contributed by atoms with Crippen molar-refractivity contribution in [3.63, 3.8) is 0 Å². The highest BCUT2D eigenvalue weighted by Crippen LogP contribution is 2.37. The first-order valence-corrected chi connectivity index (χ1v) is 10.5. The molecular weight excluding hydrogens is 490 g/mol. The van der Waals surface area contributed by atoms with Gasteiger partial charge in [-0.15, -0.1) is 11.6 Å². The van der Waals surface area contributed by atoms with Crippen LogP contribution in [0.1, 0.15) is 17.4 Å². The molecule has 3 N–H and O–H groups in total. The topological polar surface area (TPSA) is 117 Å². The summed E-state index contributed by atoms with van der Waals surface area (Å²) in [5.41, 5.74) is 6.12. The second kappa shape index (κ2) is 8.20. The molecule has 0 spiro atoms. The van der Waals surface area contributed by atoms with E-state index in [1.54, 1.807) is 37.3 Å². The van der Waals surface area contributed by atoms with Gasteiger partial charge in [0.05, 0.1) is 10.9 Å². The molecule has 31 heavy (non-hydrogen) atoms. The molecular formula is C20H17BrClN5O4. The third-order valence-electron chi connectivity index (χ3n) is 4.90. The fourth-order valence-corrected chi connectivity index (χ4v) is 4.07. The number of aryl methyl sites for hydroxylation is 1. The molecule has 1 aliphatic rings. The number of hydrogen-bond donors (Lipinski definition) is 3. The van der Waals surface area contributed by atoms with Crippen LogP contribution in [0.5, 0.6) is 5.75 Å². The van der Waals surface area contributed by atoms with Gasteiger partial charge in [0.15, 0.2) is 0 Å². The number of hydrogen-bond acceptors (Lipinski definition) is 6. The summed E-state index contributed by atoms with van der Waals surface area (Å²) >= 11 is 9.45. The first-order chi connectivity index (χ1) is 14.8. The van der Waals surface area contributed by atoms with E-state index < -0.39 is 23.2 Å². The number of halogens is 2. The van der Waals surface area contributed by atoms with E-state index in [1.807, 2.05) is 0 Å². The molecule has 2 atom stereocenters. The number of benzene rings is 2. The molecule has 1 fully saturated rings. The normalized spacial score (nSPS) is 18.0. The Balaban J connectivity index is 1.47. The minimum atomic E-state index is -0.828. The van der Waals surface area contributed by atoms with Crippen molar-refractivity contribution in [2.75, 3.05) is 12.0 Å². The van der Waals surface area contributed by atoms with E-state index in [0.717, 1.165) is 9.48 Å². The lowest BCUT2D eigenvalue weighted by atomic mass is 9.95. The lowest BCUT2D eigenvalue weighted by Crippen LogP contribution is -2.64. The van der Waals surface area contributed by atoms with Crippen molar-refractivity contribution in [2.24, 2.45) is 0 Å². The molecule has 0 saturated carbocycles. The van der Waals surface area contributed by atoms with Gasteiger partial charge in [-0.3, -0.25) is 19.8 Å². The molecule has 0 radical (unpaired) electrons. The Morgan fingerprint density at radius 2 is 1.94 bits per heavy atom. The number of nitrogens with one attached hydrogen (secondary N) is 2. The van der Waals surface area contributed by atoms with Crippen LogP contribution in [0.2, 0.25) is 0 Å². The zero-order valence-corrected chi connectivity index (χ0v) is 18.5. The van der Waals surface area contributed by atoms with Gasteiger partial charge < -0.3 is 10.5 Å². The number of aromatic nitrogens is 2. The summed E-state index contributed by atoms with van der Waals surface area (Å²) in [6.07, 6.45) is 0. The Morgan fingerprint density at radius 3 is 2.65 bits per heavy atom. The second-order valence-electron chi connectivity index (χ2n) is 6.98. The Labute approximate surface area is 189 Å². The predicted octanol–water partition coefficient (Wildman–Crippen LogP) is 1.94. The minimum Gasteiger partial charge on any atom is -0.508 e. The summed E-state index contributed by atoms with van der Waals surface area (Å²) in [5, 5.41) is 10.1. The highest BCUT2D eigenvalue weighted by atomic mass is 79.9. The van der Waals surface area contributed by atoms with Crippen LogP contribution in [-0.4, -0.2) is 43.5 Å². The van der Waals surface area contributed by atoms with E-state index in [1.165, 1.54) is 16.8 Å². The van der Waals surface area contributed by atoms with E-state index in [-0.39, 0.29) is 17.9 Å². The van der Waals surface area contributed by atoms with Crippen LogP contribution in [0.25, 0.3) is 10.9 Å². The van der Waals surface area contributed by atoms with E-state index >= 15 is 0 Å². The van der Waals surface area contributed by atoms with Crippen molar-refractivity contribution in [3.05, 3.63) is 68.7 Å². The molecule has 11 heteroatoms. The number of aromatic hydroxyl groups is 1. The number of phenolic OH excluding ortho intramolecular Hbond substituents is 1. The molecule has 2 heterocycles. The summed E-state index contributed by atoms with van der Waals surface area (Å²) in [7, 11) is 0. The minimum absolute atomic E-state index is 0.0807. The second-order valence-corrected chi connectivity index (χ2v) is 8.36. The monoisotopic (exact) mass is 505 g/mol. The van der Waals surface area contributed by atoms with Crippen LogP contribution in [0.3, 0.4) is 0 Å². The van der Waals surface area contributed by atoms with Crippen LogP contribution in [-0.2, 0) is 9.59 Å². The number of fused-ring (bicyclic) bond motifs is 1. The summed E-state index contributed by atoms with van der Waals surface area (Å²) in [6, 6.07) is 10.8. The number of amides is 2. The number of nitrogens with zero attached hydrogens (tertiary/aromatic N) is 3. The molecule has 3 aromatic rings. The van der Waals surface area contributed by atoms with Gasteiger partial charge in [0.25, 0.3) is 17.4 Å². The van der Waals surface area contributed by atoms with Gasteiger partial charge in [-0.05, 0) is 42.8 Å². The molecule has 2 aromatic carbocycles. The van der Waals surface area contributed by atoms with Gasteiger partial charge in [0.2, 0.25) is 0 Å². The molecule has 160 valence electrons. The zero-order chi connectivity index (χ0) is 22.3. The van der Waals surface area contributed by atoms with E-state index in [0.29, 0.717) is 22.3 Å². The van der Waals surface area contributed by atoms with Crippen LogP contribution >= 0.6 is 27.5 Å². The Kier molecular flexibility index (Phi) is 5.59. The Bertz CT molecular complexity index is 1250. The van der Waals surface area contributed by atoms with Crippen LogP contribution in [0, 0.1) is 6.92 Å². The standard InChI is InChI=1S/C20H17BrClN5O4/c1-10-24-15-7-4-12(21)8-14(15)19(30)26(10)23-9-16(29)25-27-18(17(22)20(27)31)11-2-5-13(28)6-3-11/h2-8,17-18,23,28H,9H2,1H3,(H,25,29). The maximum atomic E-state index is 12.8. The zero-order valence-electron chi connectivity index (χ0n) is 16.2. The van der Waals surface area contributed by atoms with Crippen molar-refractivity contribution >= 4 is 50.2 Å². The fourth-order valence-electron chi connectivity index (χ4n) is 3.35. The van der Waals surface area contributed by atoms with Crippen molar-refractivity contribution in [1.82, 2.24) is 20.1 Å². The van der Waals surface area contributed by atoms with Gasteiger partial charge >= 0.3 is 0 Å². The Hall–Kier alpha value is -3.11. The van der Waals surface area contributed by atoms with Crippen LogP contribution < -0.4 is 16.4 Å². The highest BCUT2D eigenvalue weighted by molar-refractivity contribution is 9.10. The average Bonchev–Trinajstić information content (AvgIpc) is 2.75. The lowest BCUT2D eigenvalue weighted by molar-refractivity contribution is -0.156. The lowest BCUT2D eigenvalue weighted by Gasteiger charge is -2.43. The number of hydrazine groups is 1. The van der Waals surface area contributed by atoms with Gasteiger partial charge in [-0.2, -0.15) is 0 Å². The molecule has 1 saturated heterocycles. The number of carbonyl (C=O) groups is 2. The molecule has 9 nitrogen and oxygen atoms in total. The molecule has 2 unspecified atom stereocenters. The van der Waals surface area contributed by atoms with Crippen molar-refractivity contribution < 1.29 is 14.7 Å². The van der Waals surface area contributed by atoms with Gasteiger partial charge in [-0.25, -0.2) is 14.7 Å². The van der Waals surface area contributed by atoms with Crippen molar-refractivity contribution in [3.8, 4) is 5.75 Å². The quantitative estimate of drug-likeness (QED) is 0.360. The largest absolute Gasteiger partial charge is 0.508 e. The SMILES string of the molecule is Cc1nc2ccc(Br)cc2c(=O)n1NCC(=O)NN1C(=O)C(Cl)C1c1ccc(O)cc1. The van der Waals surface area contributed by atoms with Gasteiger partial charge in [0.1, 0.15) is 29.5 Å². The maximum absolute atomic E-state index is 12.8. The third-order valence-corrected chi connectivity index (χ3v) is 5.82. The number of alkyl halides is 1. The highest BCUT2D eigenvalue weighted by Gasteiger charge is 2.48. The van der Waals surface area contributed by atoms with Crippen LogP contribution in [0.15, 0.2) is 51.7 Å². The molecule has 4 rings (SSSR count). The molecule has 1 aromatic heterocycles. The van der Waals surface area contributed by atoms with Crippen molar-refractivity contribution in [1.29, 1.82) is 0 Å². The molecule has 2 amide bonds. The summed E-state index contributed by atoms with van der Waals surface area (Å²) in [5.74, 6) is -0.521.